The highest BCUT2D eigenvalue weighted by atomic mass is 19.1. The van der Waals surface area contributed by atoms with Gasteiger partial charge in [-0.1, -0.05) is 12.1 Å². The molecule has 0 aliphatic rings. The Bertz CT molecular complexity index is 304. The Morgan fingerprint density at radius 2 is 2.29 bits per heavy atom. The quantitative estimate of drug-likeness (QED) is 0.759. The van der Waals surface area contributed by atoms with E-state index in [1.807, 2.05) is 0 Å². The van der Waals surface area contributed by atoms with E-state index in [0.717, 1.165) is 5.56 Å². The van der Waals surface area contributed by atoms with Crippen molar-refractivity contribution in [3.8, 4) is 0 Å². The van der Waals surface area contributed by atoms with Gasteiger partial charge in [0.2, 0.25) is 0 Å². The lowest BCUT2D eigenvalue weighted by Crippen LogP contribution is -2.13. The number of methoxy groups -OCH3 is 1. The zero-order valence-corrected chi connectivity index (χ0v) is 8.03. The summed E-state index contributed by atoms with van der Waals surface area (Å²) in [5, 5.41) is 9.33. The van der Waals surface area contributed by atoms with Gasteiger partial charge in [-0.05, 0) is 11.6 Å². The summed E-state index contributed by atoms with van der Waals surface area (Å²) in [6, 6.07) is 4.58. The zero-order valence-electron chi connectivity index (χ0n) is 8.03. The number of benzene rings is 1. The highest BCUT2D eigenvalue weighted by molar-refractivity contribution is 5.25. The van der Waals surface area contributed by atoms with Crippen molar-refractivity contribution in [1.82, 2.24) is 0 Å². The Balaban J connectivity index is 2.89. The van der Waals surface area contributed by atoms with E-state index in [1.165, 1.54) is 12.1 Å². The van der Waals surface area contributed by atoms with Crippen LogP contribution >= 0.6 is 0 Å². The van der Waals surface area contributed by atoms with Crippen LogP contribution in [0.2, 0.25) is 0 Å². The Morgan fingerprint density at radius 1 is 1.57 bits per heavy atom. The first-order chi connectivity index (χ1) is 6.69. The summed E-state index contributed by atoms with van der Waals surface area (Å²) in [7, 11) is 1.54. The Hall–Kier alpha value is -0.970. The van der Waals surface area contributed by atoms with Crippen molar-refractivity contribution in [3.05, 3.63) is 35.1 Å². The third-order valence-electron chi connectivity index (χ3n) is 1.96. The van der Waals surface area contributed by atoms with Crippen LogP contribution in [0.25, 0.3) is 0 Å². The van der Waals surface area contributed by atoms with Gasteiger partial charge < -0.3 is 15.6 Å². The molecular weight excluding hydrogens is 185 g/mol. The highest BCUT2D eigenvalue weighted by Crippen LogP contribution is 2.17. The minimum Gasteiger partial charge on any atom is -0.387 e. The van der Waals surface area contributed by atoms with Crippen molar-refractivity contribution in [2.75, 3.05) is 13.7 Å². The zero-order chi connectivity index (χ0) is 10.6. The molecule has 4 heteroatoms. The topological polar surface area (TPSA) is 55.5 Å². The molecule has 1 unspecified atom stereocenters. The predicted molar refractivity (Wildman–Crippen MR) is 51.1 cm³/mol. The van der Waals surface area contributed by atoms with Gasteiger partial charge >= 0.3 is 0 Å². The Kier molecular flexibility index (Phi) is 4.00. The van der Waals surface area contributed by atoms with E-state index in [4.69, 9.17) is 10.5 Å². The van der Waals surface area contributed by atoms with Crippen LogP contribution in [-0.4, -0.2) is 18.8 Å². The number of hydrogen-bond acceptors (Lipinski definition) is 3. The molecule has 0 saturated carbocycles. The fourth-order valence-corrected chi connectivity index (χ4v) is 1.22. The molecule has 1 aromatic carbocycles. The third kappa shape index (κ3) is 2.51. The lowest BCUT2D eigenvalue weighted by atomic mass is 10.1. The molecule has 0 heterocycles. The van der Waals surface area contributed by atoms with Crippen molar-refractivity contribution in [2.45, 2.75) is 12.7 Å². The molecule has 1 rings (SSSR count). The molecule has 0 radical (unpaired) electrons. The van der Waals surface area contributed by atoms with Gasteiger partial charge in [0.05, 0.1) is 12.7 Å². The van der Waals surface area contributed by atoms with Gasteiger partial charge in [0, 0.05) is 19.2 Å². The highest BCUT2D eigenvalue weighted by Gasteiger charge is 2.11. The van der Waals surface area contributed by atoms with Crippen LogP contribution in [0.15, 0.2) is 18.2 Å². The van der Waals surface area contributed by atoms with Crippen molar-refractivity contribution < 1.29 is 14.2 Å². The van der Waals surface area contributed by atoms with Gasteiger partial charge in [0.25, 0.3) is 0 Å². The van der Waals surface area contributed by atoms with Crippen molar-refractivity contribution in [2.24, 2.45) is 5.73 Å². The molecule has 0 spiro atoms. The third-order valence-corrected chi connectivity index (χ3v) is 1.96. The number of rotatable bonds is 4. The Morgan fingerprint density at radius 3 is 2.79 bits per heavy atom. The fraction of sp³-hybridized carbons (Fsp3) is 0.400. The molecule has 0 aliphatic heterocycles. The molecule has 0 saturated heterocycles. The maximum atomic E-state index is 13.3. The van der Waals surface area contributed by atoms with E-state index < -0.39 is 11.9 Å². The van der Waals surface area contributed by atoms with Gasteiger partial charge in [-0.3, -0.25) is 0 Å². The molecule has 0 fully saturated rings. The smallest absolute Gasteiger partial charge is 0.129 e. The fourth-order valence-electron chi connectivity index (χ4n) is 1.22. The summed E-state index contributed by atoms with van der Waals surface area (Å²) in [6.07, 6.45) is -0.938. The molecule has 0 aliphatic carbocycles. The summed E-state index contributed by atoms with van der Waals surface area (Å²) >= 11 is 0. The number of halogens is 1. The molecule has 0 aromatic heterocycles. The SMILES string of the molecule is COCc1ccc(C(O)CN)c(F)c1. The van der Waals surface area contributed by atoms with Crippen LogP contribution in [0.3, 0.4) is 0 Å². The van der Waals surface area contributed by atoms with Crippen LogP contribution in [0.1, 0.15) is 17.2 Å². The van der Waals surface area contributed by atoms with E-state index in [9.17, 15) is 9.50 Å². The monoisotopic (exact) mass is 199 g/mol. The minimum absolute atomic E-state index is 0.0144. The first-order valence-electron chi connectivity index (χ1n) is 4.34. The largest absolute Gasteiger partial charge is 0.387 e. The molecule has 1 aromatic rings. The second kappa shape index (κ2) is 5.05. The van der Waals surface area contributed by atoms with Gasteiger partial charge in [0.15, 0.2) is 0 Å². The van der Waals surface area contributed by atoms with Crippen molar-refractivity contribution in [3.63, 3.8) is 0 Å². The number of nitrogens with two attached hydrogens (primary N) is 1. The molecule has 14 heavy (non-hydrogen) atoms. The van der Waals surface area contributed by atoms with Crippen molar-refractivity contribution >= 4 is 0 Å². The number of aliphatic hydroxyl groups excluding tert-OH is 1. The molecular formula is C10H14FNO2. The van der Waals surface area contributed by atoms with Gasteiger partial charge in [-0.25, -0.2) is 4.39 Å². The van der Waals surface area contributed by atoms with E-state index in [1.54, 1.807) is 13.2 Å². The maximum absolute atomic E-state index is 13.3. The normalized spacial score (nSPS) is 12.9. The summed E-state index contributed by atoms with van der Waals surface area (Å²) in [6.45, 7) is 0.371. The van der Waals surface area contributed by atoms with Gasteiger partial charge in [0.1, 0.15) is 5.82 Å². The molecule has 3 N–H and O–H groups in total. The summed E-state index contributed by atoms with van der Waals surface area (Å²) < 4.78 is 18.2. The second-order valence-electron chi connectivity index (χ2n) is 3.04. The Labute approximate surface area is 82.3 Å². The van der Waals surface area contributed by atoms with Gasteiger partial charge in [-0.2, -0.15) is 0 Å². The molecule has 1 atom stereocenters. The lowest BCUT2D eigenvalue weighted by molar-refractivity contribution is 0.178. The molecule has 3 nitrogen and oxygen atoms in total. The average Bonchev–Trinajstić information content (AvgIpc) is 2.17. The maximum Gasteiger partial charge on any atom is 0.129 e. The number of ether oxygens (including phenoxy) is 1. The van der Waals surface area contributed by atoms with Crippen LogP contribution in [0, 0.1) is 5.82 Å². The summed E-state index contributed by atoms with van der Waals surface area (Å²) in [5.41, 5.74) is 6.19. The van der Waals surface area contributed by atoms with Crippen LogP contribution in [0.4, 0.5) is 4.39 Å². The van der Waals surface area contributed by atoms with E-state index in [2.05, 4.69) is 0 Å². The van der Waals surface area contributed by atoms with Crippen molar-refractivity contribution in [1.29, 1.82) is 0 Å². The lowest BCUT2D eigenvalue weighted by Gasteiger charge is -2.10. The van der Waals surface area contributed by atoms with Crippen LogP contribution in [0.5, 0.6) is 0 Å². The average molecular weight is 199 g/mol. The van der Waals surface area contributed by atoms with E-state index in [-0.39, 0.29) is 12.1 Å². The predicted octanol–water partition coefficient (Wildman–Crippen LogP) is 0.964. The summed E-state index contributed by atoms with van der Waals surface area (Å²) in [5.74, 6) is -0.447. The molecule has 0 bridgehead atoms. The second-order valence-corrected chi connectivity index (χ2v) is 3.04. The standard InChI is InChI=1S/C10H14FNO2/c1-14-6-7-2-3-8(9(11)4-7)10(13)5-12/h2-4,10,13H,5-6,12H2,1H3. The molecule has 78 valence electrons. The van der Waals surface area contributed by atoms with Crippen LogP contribution in [-0.2, 0) is 11.3 Å². The minimum atomic E-state index is -0.938. The summed E-state index contributed by atoms with van der Waals surface area (Å²) in [4.78, 5) is 0. The van der Waals surface area contributed by atoms with Crippen LogP contribution < -0.4 is 5.73 Å². The number of aliphatic hydroxyl groups is 1. The van der Waals surface area contributed by atoms with E-state index in [0.29, 0.717) is 6.61 Å². The first kappa shape index (κ1) is 11.1. The molecule has 0 amide bonds. The number of hydrogen-bond donors (Lipinski definition) is 2. The first-order valence-corrected chi connectivity index (χ1v) is 4.34. The van der Waals surface area contributed by atoms with E-state index >= 15 is 0 Å². The van der Waals surface area contributed by atoms with Gasteiger partial charge in [-0.15, -0.1) is 0 Å².